The van der Waals surface area contributed by atoms with E-state index in [1.807, 2.05) is 0 Å². The molecule has 0 saturated carbocycles. The van der Waals surface area contributed by atoms with E-state index in [0.717, 1.165) is 6.07 Å². The number of benzene rings is 2. The molecule has 1 amide bonds. The van der Waals surface area contributed by atoms with Crippen LogP contribution in [0.25, 0.3) is 0 Å². The summed E-state index contributed by atoms with van der Waals surface area (Å²) in [6, 6.07) is 7.66. The second-order valence-corrected chi connectivity index (χ2v) is 4.94. The average molecular weight is 354 g/mol. The van der Waals surface area contributed by atoms with Crippen LogP contribution < -0.4 is 5.32 Å². The van der Waals surface area contributed by atoms with Gasteiger partial charge < -0.3 is 15.5 Å². The van der Waals surface area contributed by atoms with Crippen molar-refractivity contribution >= 4 is 33.5 Å². The summed E-state index contributed by atoms with van der Waals surface area (Å²) in [7, 11) is 0. The number of carboxylic acids is 1. The van der Waals surface area contributed by atoms with Crippen LogP contribution in [0, 0.1) is 5.82 Å². The van der Waals surface area contributed by atoms with Crippen molar-refractivity contribution in [2.75, 3.05) is 5.32 Å². The van der Waals surface area contributed by atoms with Crippen molar-refractivity contribution in [2.45, 2.75) is 0 Å². The zero-order chi connectivity index (χ0) is 15.6. The minimum absolute atomic E-state index is 0.108. The summed E-state index contributed by atoms with van der Waals surface area (Å²) in [5.41, 5.74) is -0.668. The molecule has 0 fully saturated rings. The first-order valence-corrected chi connectivity index (χ1v) is 6.51. The van der Waals surface area contributed by atoms with Crippen LogP contribution in [-0.4, -0.2) is 22.1 Å². The number of amides is 1. The minimum Gasteiger partial charge on any atom is -0.507 e. The van der Waals surface area contributed by atoms with Crippen molar-refractivity contribution in [2.24, 2.45) is 0 Å². The molecule has 0 heterocycles. The van der Waals surface area contributed by atoms with Crippen LogP contribution in [0.2, 0.25) is 0 Å². The highest BCUT2D eigenvalue weighted by molar-refractivity contribution is 9.10. The summed E-state index contributed by atoms with van der Waals surface area (Å²) in [6.45, 7) is 0. The van der Waals surface area contributed by atoms with Gasteiger partial charge in [-0.1, -0.05) is 6.07 Å². The number of aromatic hydroxyl groups is 1. The number of rotatable bonds is 3. The highest BCUT2D eigenvalue weighted by Crippen LogP contribution is 2.25. The molecular weight excluding hydrogens is 345 g/mol. The number of hydrogen-bond donors (Lipinski definition) is 3. The predicted molar refractivity (Wildman–Crippen MR) is 77.1 cm³/mol. The Morgan fingerprint density at radius 1 is 1.19 bits per heavy atom. The number of carbonyl (C=O) groups excluding carboxylic acids is 1. The van der Waals surface area contributed by atoms with Crippen molar-refractivity contribution in [3.63, 3.8) is 0 Å². The van der Waals surface area contributed by atoms with E-state index >= 15 is 0 Å². The Kier molecular flexibility index (Phi) is 4.23. The number of carbonyl (C=O) groups is 2. The van der Waals surface area contributed by atoms with E-state index in [9.17, 15) is 19.1 Å². The number of hydrogen-bond acceptors (Lipinski definition) is 3. The molecule has 0 bridgehead atoms. The van der Waals surface area contributed by atoms with Gasteiger partial charge in [0.1, 0.15) is 17.1 Å². The van der Waals surface area contributed by atoms with Crippen molar-refractivity contribution < 1.29 is 24.2 Å². The maximum atomic E-state index is 13.5. The molecule has 2 aromatic carbocycles. The Labute approximate surface area is 127 Å². The molecule has 21 heavy (non-hydrogen) atoms. The van der Waals surface area contributed by atoms with E-state index in [-0.39, 0.29) is 17.0 Å². The first kappa shape index (κ1) is 15.0. The van der Waals surface area contributed by atoms with E-state index in [1.54, 1.807) is 0 Å². The molecule has 2 aromatic rings. The lowest BCUT2D eigenvalue weighted by molar-refractivity contribution is 0.0693. The minimum atomic E-state index is -1.48. The lowest BCUT2D eigenvalue weighted by Gasteiger charge is -2.09. The van der Waals surface area contributed by atoms with Gasteiger partial charge in [-0.2, -0.15) is 0 Å². The predicted octanol–water partition coefficient (Wildman–Crippen LogP) is 3.24. The number of anilines is 1. The zero-order valence-corrected chi connectivity index (χ0v) is 12.0. The molecule has 0 radical (unpaired) electrons. The molecule has 7 heteroatoms. The van der Waals surface area contributed by atoms with Gasteiger partial charge in [-0.15, -0.1) is 0 Å². The Balaban J connectivity index is 2.34. The number of phenols is 1. The van der Waals surface area contributed by atoms with Gasteiger partial charge in [-0.25, -0.2) is 9.18 Å². The molecule has 3 N–H and O–H groups in total. The molecule has 2 rings (SSSR count). The summed E-state index contributed by atoms with van der Waals surface area (Å²) in [6.07, 6.45) is 0. The molecule has 0 unspecified atom stereocenters. The van der Waals surface area contributed by atoms with Crippen molar-refractivity contribution in [1.82, 2.24) is 0 Å². The van der Waals surface area contributed by atoms with Crippen molar-refractivity contribution in [3.8, 4) is 5.75 Å². The van der Waals surface area contributed by atoms with Gasteiger partial charge in [0.2, 0.25) is 0 Å². The smallest absolute Gasteiger partial charge is 0.340 e. The number of carboxylic acid groups (broad SMARTS) is 1. The maximum absolute atomic E-state index is 13.5. The van der Waals surface area contributed by atoms with Gasteiger partial charge >= 0.3 is 5.97 Å². The topological polar surface area (TPSA) is 86.6 Å². The summed E-state index contributed by atoms with van der Waals surface area (Å²) < 4.78 is 13.9. The summed E-state index contributed by atoms with van der Waals surface area (Å²) in [5.74, 6) is -3.23. The number of halogens is 2. The molecule has 0 aromatic heterocycles. The number of nitrogens with one attached hydrogen (secondary N) is 1. The first-order valence-electron chi connectivity index (χ1n) is 5.72. The zero-order valence-electron chi connectivity index (χ0n) is 10.4. The highest BCUT2D eigenvalue weighted by Gasteiger charge is 2.18. The second kappa shape index (κ2) is 5.92. The normalized spacial score (nSPS) is 10.2. The third kappa shape index (κ3) is 3.19. The van der Waals surface area contributed by atoms with Crippen LogP contribution in [0.15, 0.2) is 40.9 Å². The van der Waals surface area contributed by atoms with E-state index in [2.05, 4.69) is 21.2 Å². The van der Waals surface area contributed by atoms with Gasteiger partial charge in [-0.3, -0.25) is 4.79 Å². The molecule has 0 atom stereocenters. The SMILES string of the molecule is O=C(Nc1cccc(F)c1C(=O)O)c1ccc(Br)c(O)c1. The summed E-state index contributed by atoms with van der Waals surface area (Å²) >= 11 is 3.08. The van der Waals surface area contributed by atoms with Gasteiger partial charge in [0.25, 0.3) is 5.91 Å². The van der Waals surface area contributed by atoms with Gasteiger partial charge in [0.05, 0.1) is 10.2 Å². The Bertz CT molecular complexity index is 733. The van der Waals surface area contributed by atoms with Crippen LogP contribution in [0.3, 0.4) is 0 Å². The third-order valence-electron chi connectivity index (χ3n) is 2.68. The van der Waals surface area contributed by atoms with Crippen LogP contribution in [0.5, 0.6) is 5.75 Å². The Morgan fingerprint density at radius 3 is 2.52 bits per heavy atom. The fraction of sp³-hybridized carbons (Fsp3) is 0. The quantitative estimate of drug-likeness (QED) is 0.790. The molecule has 0 aliphatic carbocycles. The van der Waals surface area contributed by atoms with E-state index in [1.165, 1.54) is 30.3 Å². The number of phenolic OH excluding ortho intramolecular Hbond substituents is 1. The Hall–Kier alpha value is -2.41. The maximum Gasteiger partial charge on any atom is 0.340 e. The monoisotopic (exact) mass is 353 g/mol. The van der Waals surface area contributed by atoms with Crippen molar-refractivity contribution in [1.29, 1.82) is 0 Å². The van der Waals surface area contributed by atoms with E-state index in [0.29, 0.717) is 4.47 Å². The molecule has 0 spiro atoms. The molecule has 5 nitrogen and oxygen atoms in total. The molecule has 0 aliphatic heterocycles. The molecular formula is C14H9BrFNO4. The summed E-state index contributed by atoms with van der Waals surface area (Å²) in [4.78, 5) is 23.0. The second-order valence-electron chi connectivity index (χ2n) is 4.09. The lowest BCUT2D eigenvalue weighted by atomic mass is 10.1. The van der Waals surface area contributed by atoms with Gasteiger partial charge in [-0.05, 0) is 46.3 Å². The standard InChI is InChI=1S/C14H9BrFNO4/c15-8-5-4-7(6-11(8)18)13(19)17-10-3-1-2-9(16)12(10)14(20)21/h1-6,18H,(H,17,19)(H,20,21). The van der Waals surface area contributed by atoms with Crippen LogP contribution >= 0.6 is 15.9 Å². The van der Waals surface area contributed by atoms with Crippen LogP contribution in [0.4, 0.5) is 10.1 Å². The average Bonchev–Trinajstić information content (AvgIpc) is 2.41. The fourth-order valence-electron chi connectivity index (χ4n) is 1.69. The number of aromatic carboxylic acids is 1. The van der Waals surface area contributed by atoms with Crippen LogP contribution in [0.1, 0.15) is 20.7 Å². The van der Waals surface area contributed by atoms with Gasteiger partial charge in [0, 0.05) is 5.56 Å². The molecule has 108 valence electrons. The Morgan fingerprint density at radius 2 is 1.90 bits per heavy atom. The first-order chi connectivity index (χ1) is 9.90. The van der Waals surface area contributed by atoms with E-state index < -0.39 is 23.3 Å². The van der Waals surface area contributed by atoms with E-state index in [4.69, 9.17) is 5.11 Å². The van der Waals surface area contributed by atoms with Crippen molar-refractivity contribution in [3.05, 3.63) is 57.8 Å². The third-order valence-corrected chi connectivity index (χ3v) is 3.35. The highest BCUT2D eigenvalue weighted by atomic mass is 79.9. The fourth-order valence-corrected chi connectivity index (χ4v) is 1.94. The van der Waals surface area contributed by atoms with Crippen LogP contribution in [-0.2, 0) is 0 Å². The summed E-state index contributed by atoms with van der Waals surface area (Å²) in [5, 5.41) is 20.8. The largest absolute Gasteiger partial charge is 0.507 e. The van der Waals surface area contributed by atoms with Gasteiger partial charge in [0.15, 0.2) is 0 Å². The lowest BCUT2D eigenvalue weighted by Crippen LogP contribution is -2.15. The molecule has 0 aliphatic rings. The molecule has 0 saturated heterocycles.